The number of rotatable bonds is 14. The van der Waals surface area contributed by atoms with E-state index in [4.69, 9.17) is 4.74 Å². The zero-order valence-corrected chi connectivity index (χ0v) is 32.2. The maximum Gasteiger partial charge on any atom is 0.331 e. The zero-order valence-electron chi connectivity index (χ0n) is 30.6. The summed E-state index contributed by atoms with van der Waals surface area (Å²) >= 11 is 1.38. The lowest BCUT2D eigenvalue weighted by atomic mass is 9.76. The maximum absolute atomic E-state index is 14.5. The maximum atomic E-state index is 14.5. The summed E-state index contributed by atoms with van der Waals surface area (Å²) in [6.07, 6.45) is 5.26. The molecule has 2 N–H and O–H groups in total. The molecule has 1 aliphatic heterocycles. The van der Waals surface area contributed by atoms with Gasteiger partial charge in [-0.1, -0.05) is 136 Å². The topological polar surface area (TPSA) is 95.9 Å². The highest BCUT2D eigenvalue weighted by Gasteiger charge is 2.43. The van der Waals surface area contributed by atoms with Gasteiger partial charge in [0.05, 0.1) is 33.4 Å². The molecule has 0 saturated carbocycles. The van der Waals surface area contributed by atoms with Gasteiger partial charge in [0, 0.05) is 23.7 Å². The first-order valence-corrected chi connectivity index (χ1v) is 21.1. The summed E-state index contributed by atoms with van der Waals surface area (Å²) < 4.78 is 35.1. The lowest BCUT2D eigenvalue weighted by Gasteiger charge is -2.39. The monoisotopic (exact) mass is 748 g/mol. The van der Waals surface area contributed by atoms with E-state index in [0.29, 0.717) is 23.5 Å². The lowest BCUT2D eigenvalue weighted by Crippen LogP contribution is -2.55. The fourth-order valence-electron chi connectivity index (χ4n) is 7.54. The average molecular weight is 749 g/mol. The molecule has 0 radical (unpaired) electrons. The molecular formula is C44H48N2O5S2. The number of nitrogens with zero attached hydrogens (tertiary/aromatic N) is 1. The second-order valence-corrected chi connectivity index (χ2v) is 16.6. The van der Waals surface area contributed by atoms with Gasteiger partial charge < -0.3 is 14.7 Å². The van der Waals surface area contributed by atoms with Crippen molar-refractivity contribution in [2.75, 3.05) is 30.1 Å². The van der Waals surface area contributed by atoms with Gasteiger partial charge in [-0.2, -0.15) is 0 Å². The molecule has 5 aromatic rings. The number of carbonyl (C=O) groups excluding carboxylic acids is 1. The zero-order chi connectivity index (χ0) is 37.5. The van der Waals surface area contributed by atoms with Crippen LogP contribution < -0.4 is 15.0 Å². The number of para-hydroxylation sites is 1. The van der Waals surface area contributed by atoms with Gasteiger partial charge in [0.15, 0.2) is 9.84 Å². The number of hydrogen-bond acceptors (Lipinski definition) is 8. The van der Waals surface area contributed by atoms with Crippen LogP contribution in [-0.4, -0.2) is 50.7 Å². The number of sulfone groups is 1. The molecule has 0 fully saturated rings. The number of anilines is 2. The third kappa shape index (κ3) is 7.94. The van der Waals surface area contributed by atoms with Gasteiger partial charge in [-0.15, -0.1) is 11.8 Å². The number of unbranched alkanes of at least 4 members (excludes halogenated alkanes) is 1. The van der Waals surface area contributed by atoms with Crippen LogP contribution in [0.15, 0.2) is 143 Å². The van der Waals surface area contributed by atoms with E-state index < -0.39 is 39.4 Å². The molecule has 0 aliphatic carbocycles. The molecule has 9 heteroatoms. The van der Waals surface area contributed by atoms with Gasteiger partial charge in [0.1, 0.15) is 11.8 Å². The molecule has 0 unspecified atom stereocenters. The van der Waals surface area contributed by atoms with Crippen molar-refractivity contribution in [3.63, 3.8) is 0 Å². The van der Waals surface area contributed by atoms with E-state index in [1.165, 1.54) is 17.8 Å². The second kappa shape index (κ2) is 16.7. The first kappa shape index (κ1) is 38.3. The molecule has 53 heavy (non-hydrogen) atoms. The highest BCUT2D eigenvalue weighted by Crippen LogP contribution is 2.47. The van der Waals surface area contributed by atoms with Crippen LogP contribution in [0.1, 0.15) is 56.2 Å². The molecule has 0 spiro atoms. The van der Waals surface area contributed by atoms with Crippen LogP contribution in [-0.2, 0) is 20.2 Å². The van der Waals surface area contributed by atoms with Crippen LogP contribution in [0.5, 0.6) is 5.75 Å². The third-order valence-electron chi connectivity index (χ3n) is 10.4. The SMILES string of the molecule is CCCC[C@@]1(CC)CN(c2ccccc2)c2cc(SC)c(OC(=O)[C@@H](CO)NC(c3ccccc3)(c3ccccc3)c3ccccc3)cc2S(=O)(=O)C1. The predicted molar refractivity (Wildman–Crippen MR) is 215 cm³/mol. The van der Waals surface area contributed by atoms with Crippen LogP contribution in [0.2, 0.25) is 0 Å². The summed E-state index contributed by atoms with van der Waals surface area (Å²) in [5.74, 6) is -0.597. The number of nitrogens with one attached hydrogen (secondary N) is 1. The molecule has 0 aromatic heterocycles. The molecule has 0 saturated heterocycles. The molecule has 2 atom stereocenters. The van der Waals surface area contributed by atoms with Crippen LogP contribution in [0.25, 0.3) is 0 Å². The Balaban J connectivity index is 1.44. The molecule has 0 amide bonds. The van der Waals surface area contributed by atoms with E-state index in [9.17, 15) is 18.3 Å². The van der Waals surface area contributed by atoms with E-state index in [0.717, 1.165) is 41.6 Å². The molecular weight excluding hydrogens is 701 g/mol. The Kier molecular flexibility index (Phi) is 12.1. The molecule has 6 rings (SSSR count). The normalized spacial score (nSPS) is 17.4. The number of aliphatic hydroxyl groups is 1. The number of hydrogen-bond donors (Lipinski definition) is 2. The molecule has 276 valence electrons. The van der Waals surface area contributed by atoms with Gasteiger partial charge >= 0.3 is 5.97 Å². The average Bonchev–Trinajstić information content (AvgIpc) is 3.30. The number of ether oxygens (including phenoxy) is 1. The Morgan fingerprint density at radius 1 is 0.868 bits per heavy atom. The van der Waals surface area contributed by atoms with Crippen LogP contribution >= 0.6 is 11.8 Å². The summed E-state index contributed by atoms with van der Waals surface area (Å²) in [4.78, 5) is 17.2. The van der Waals surface area contributed by atoms with Crippen molar-refractivity contribution >= 4 is 38.9 Å². The summed E-state index contributed by atoms with van der Waals surface area (Å²) in [6.45, 7) is 4.18. The van der Waals surface area contributed by atoms with Gasteiger partial charge in [0.25, 0.3) is 0 Å². The number of aliphatic hydroxyl groups excluding tert-OH is 1. The van der Waals surface area contributed by atoms with Crippen molar-refractivity contribution in [1.82, 2.24) is 5.32 Å². The second-order valence-electron chi connectivity index (χ2n) is 13.8. The minimum atomic E-state index is -3.82. The Bertz CT molecular complexity index is 1980. The highest BCUT2D eigenvalue weighted by molar-refractivity contribution is 7.98. The number of esters is 1. The Hall–Kier alpha value is -4.41. The van der Waals surface area contributed by atoms with Crippen molar-refractivity contribution in [2.45, 2.75) is 60.9 Å². The molecule has 5 aromatic carbocycles. The number of fused-ring (bicyclic) bond motifs is 1. The Morgan fingerprint density at radius 3 is 1.87 bits per heavy atom. The van der Waals surface area contributed by atoms with Crippen molar-refractivity contribution in [2.24, 2.45) is 5.41 Å². The van der Waals surface area contributed by atoms with Crippen LogP contribution in [0, 0.1) is 5.41 Å². The van der Waals surface area contributed by atoms with E-state index in [-0.39, 0.29) is 16.4 Å². The minimum absolute atomic E-state index is 0.00655. The first-order valence-electron chi connectivity index (χ1n) is 18.2. The van der Waals surface area contributed by atoms with Gasteiger partial charge in [-0.3, -0.25) is 5.32 Å². The first-order chi connectivity index (χ1) is 25.7. The van der Waals surface area contributed by atoms with Gasteiger partial charge in [0.2, 0.25) is 0 Å². The fourth-order valence-corrected chi connectivity index (χ4v) is 10.3. The minimum Gasteiger partial charge on any atom is -0.424 e. The highest BCUT2D eigenvalue weighted by atomic mass is 32.2. The Labute approximate surface area is 318 Å². The van der Waals surface area contributed by atoms with Crippen LogP contribution in [0.4, 0.5) is 11.4 Å². The lowest BCUT2D eigenvalue weighted by molar-refractivity contribution is -0.138. The van der Waals surface area contributed by atoms with Crippen molar-refractivity contribution in [3.05, 3.63) is 150 Å². The van der Waals surface area contributed by atoms with E-state index in [1.807, 2.05) is 134 Å². The number of benzene rings is 5. The van der Waals surface area contributed by atoms with Gasteiger partial charge in [-0.05, 0) is 54.0 Å². The van der Waals surface area contributed by atoms with E-state index in [2.05, 4.69) is 24.1 Å². The van der Waals surface area contributed by atoms with E-state index in [1.54, 1.807) is 0 Å². The van der Waals surface area contributed by atoms with Crippen LogP contribution in [0.3, 0.4) is 0 Å². The predicted octanol–water partition coefficient (Wildman–Crippen LogP) is 8.77. The quantitative estimate of drug-likeness (QED) is 0.0504. The summed E-state index contributed by atoms with van der Waals surface area (Å²) in [7, 11) is -3.82. The molecule has 1 aliphatic rings. The smallest absolute Gasteiger partial charge is 0.331 e. The molecule has 1 heterocycles. The summed E-state index contributed by atoms with van der Waals surface area (Å²) in [5, 5.41) is 14.4. The number of carbonyl (C=O) groups is 1. The Morgan fingerprint density at radius 2 is 1.40 bits per heavy atom. The van der Waals surface area contributed by atoms with E-state index >= 15 is 0 Å². The fraction of sp³-hybridized carbons (Fsp3) is 0.295. The standard InChI is InChI=1S/C44H48N2O5S2/c1-4-6-27-43(5-2)31-46(36-25-17-10-18-26-36)38-28-40(52-3)39(29-41(38)53(49,50)32-43)51-42(48)37(30-47)45-44(33-19-11-7-12-20-33,34-21-13-8-14-22-34)35-23-15-9-16-24-35/h7-26,28-29,37,45,47H,4-6,27,30-32H2,1-3H3/t37-,43+/m1/s1. The van der Waals surface area contributed by atoms with Gasteiger partial charge in [-0.25, -0.2) is 13.2 Å². The molecule has 7 nitrogen and oxygen atoms in total. The third-order valence-corrected chi connectivity index (χ3v) is 13.2. The summed E-state index contributed by atoms with van der Waals surface area (Å²) in [5.41, 5.74) is 2.56. The van der Waals surface area contributed by atoms with Crippen molar-refractivity contribution in [1.29, 1.82) is 0 Å². The largest absolute Gasteiger partial charge is 0.424 e. The molecule has 0 bridgehead atoms. The van der Waals surface area contributed by atoms with Crippen molar-refractivity contribution < 1.29 is 23.1 Å². The summed E-state index contributed by atoms with van der Waals surface area (Å²) in [6, 6.07) is 41.5. The number of thioether (sulfide) groups is 1. The van der Waals surface area contributed by atoms with Crippen molar-refractivity contribution in [3.8, 4) is 5.75 Å².